The van der Waals surface area contributed by atoms with Gasteiger partial charge in [-0.15, -0.1) is 0 Å². The van der Waals surface area contributed by atoms with Crippen LogP contribution in [0, 0.1) is 6.92 Å². The van der Waals surface area contributed by atoms with Gasteiger partial charge in [0.25, 0.3) is 5.89 Å². The van der Waals surface area contributed by atoms with Gasteiger partial charge < -0.3 is 9.63 Å². The molecule has 6 heteroatoms. The van der Waals surface area contributed by atoms with Gasteiger partial charge in [0.2, 0.25) is 5.82 Å². The van der Waals surface area contributed by atoms with E-state index in [1.165, 1.54) is 0 Å². The van der Waals surface area contributed by atoms with Crippen LogP contribution >= 0.6 is 27.5 Å². The predicted octanol–water partition coefficient (Wildman–Crippen LogP) is 4.83. The van der Waals surface area contributed by atoms with Gasteiger partial charge in [0.05, 0.1) is 5.02 Å². The summed E-state index contributed by atoms with van der Waals surface area (Å²) in [6.07, 6.45) is 0. The fraction of sp³-hybridized carbons (Fsp3) is 0.0667. The molecule has 106 valence electrons. The van der Waals surface area contributed by atoms with Crippen molar-refractivity contribution in [3.63, 3.8) is 0 Å². The van der Waals surface area contributed by atoms with Gasteiger partial charge in [-0.25, -0.2) is 0 Å². The lowest BCUT2D eigenvalue weighted by Gasteiger charge is -1.99. The van der Waals surface area contributed by atoms with Crippen LogP contribution in [0.1, 0.15) is 5.56 Å². The Labute approximate surface area is 134 Å². The van der Waals surface area contributed by atoms with Crippen molar-refractivity contribution in [1.29, 1.82) is 0 Å². The van der Waals surface area contributed by atoms with Crippen LogP contribution in [0.2, 0.25) is 5.02 Å². The van der Waals surface area contributed by atoms with Crippen molar-refractivity contribution in [1.82, 2.24) is 10.1 Å². The lowest BCUT2D eigenvalue weighted by molar-refractivity contribution is 0.432. The molecule has 0 saturated carbocycles. The summed E-state index contributed by atoms with van der Waals surface area (Å²) in [5.74, 6) is 1.12. The monoisotopic (exact) mass is 364 g/mol. The average molecular weight is 366 g/mol. The molecular weight excluding hydrogens is 356 g/mol. The summed E-state index contributed by atoms with van der Waals surface area (Å²) in [7, 11) is 0. The maximum atomic E-state index is 9.55. The number of nitrogens with zero attached hydrogens (tertiary/aromatic N) is 2. The van der Waals surface area contributed by atoms with Crippen LogP contribution in [0.3, 0.4) is 0 Å². The second-order valence-electron chi connectivity index (χ2n) is 4.55. The molecule has 0 bridgehead atoms. The molecule has 4 nitrogen and oxygen atoms in total. The van der Waals surface area contributed by atoms with Crippen LogP contribution in [-0.2, 0) is 0 Å². The van der Waals surface area contributed by atoms with Crippen molar-refractivity contribution < 1.29 is 9.63 Å². The summed E-state index contributed by atoms with van der Waals surface area (Å²) >= 11 is 9.33. The van der Waals surface area contributed by atoms with E-state index in [4.69, 9.17) is 16.1 Å². The molecule has 1 N–H and O–H groups in total. The average Bonchev–Trinajstić information content (AvgIpc) is 2.94. The Hall–Kier alpha value is -1.85. The molecule has 3 aromatic rings. The Morgan fingerprint density at radius 1 is 1.14 bits per heavy atom. The Kier molecular flexibility index (Phi) is 3.69. The zero-order valence-electron chi connectivity index (χ0n) is 11.0. The number of aromatic hydroxyl groups is 1. The third kappa shape index (κ3) is 2.80. The standard InChI is InChI=1S/C15H10BrClN2O2/c1-8-6-10(3-5-13(8)20)15-18-14(19-21-15)9-2-4-12(17)11(16)7-9/h2-7,20H,1H3. The summed E-state index contributed by atoms with van der Waals surface area (Å²) in [5, 5.41) is 14.1. The number of rotatable bonds is 2. The molecule has 0 aliphatic carbocycles. The molecule has 0 spiro atoms. The quantitative estimate of drug-likeness (QED) is 0.706. The van der Waals surface area contributed by atoms with Crippen LogP contribution in [0.4, 0.5) is 0 Å². The lowest BCUT2D eigenvalue weighted by Crippen LogP contribution is -1.83. The van der Waals surface area contributed by atoms with Crippen molar-refractivity contribution in [2.75, 3.05) is 0 Å². The minimum Gasteiger partial charge on any atom is -0.508 e. The molecule has 0 unspecified atom stereocenters. The van der Waals surface area contributed by atoms with E-state index in [2.05, 4.69) is 26.1 Å². The fourth-order valence-corrected chi connectivity index (χ4v) is 2.38. The van der Waals surface area contributed by atoms with E-state index >= 15 is 0 Å². The molecule has 0 fully saturated rings. The molecule has 0 radical (unpaired) electrons. The molecule has 21 heavy (non-hydrogen) atoms. The first-order valence-corrected chi connectivity index (χ1v) is 7.31. The first-order valence-electron chi connectivity index (χ1n) is 6.14. The first-order chi connectivity index (χ1) is 10.0. The predicted molar refractivity (Wildman–Crippen MR) is 84.3 cm³/mol. The van der Waals surface area contributed by atoms with Gasteiger partial charge in [-0.3, -0.25) is 0 Å². The number of phenols is 1. The molecule has 1 aromatic heterocycles. The third-order valence-corrected chi connectivity index (χ3v) is 4.26. The molecule has 0 aliphatic rings. The highest BCUT2D eigenvalue weighted by atomic mass is 79.9. The summed E-state index contributed by atoms with van der Waals surface area (Å²) in [6.45, 7) is 1.81. The summed E-state index contributed by atoms with van der Waals surface area (Å²) < 4.78 is 6.05. The minimum absolute atomic E-state index is 0.236. The summed E-state index contributed by atoms with van der Waals surface area (Å²) in [6, 6.07) is 10.6. The van der Waals surface area contributed by atoms with E-state index in [-0.39, 0.29) is 5.75 Å². The Balaban J connectivity index is 1.99. The number of aromatic nitrogens is 2. The molecule has 1 heterocycles. The number of phenolic OH excluding ortho intramolecular Hbond substituents is 1. The van der Waals surface area contributed by atoms with Crippen LogP contribution in [-0.4, -0.2) is 15.2 Å². The maximum Gasteiger partial charge on any atom is 0.258 e. The maximum absolute atomic E-state index is 9.55. The lowest BCUT2D eigenvalue weighted by atomic mass is 10.1. The summed E-state index contributed by atoms with van der Waals surface area (Å²) in [4.78, 5) is 4.37. The van der Waals surface area contributed by atoms with E-state index in [0.29, 0.717) is 16.7 Å². The smallest absolute Gasteiger partial charge is 0.258 e. The van der Waals surface area contributed by atoms with Gasteiger partial charge >= 0.3 is 0 Å². The Bertz CT molecular complexity index is 751. The Morgan fingerprint density at radius 3 is 2.62 bits per heavy atom. The van der Waals surface area contributed by atoms with E-state index in [9.17, 15) is 5.11 Å². The number of hydrogen-bond donors (Lipinski definition) is 1. The zero-order valence-corrected chi connectivity index (χ0v) is 13.3. The molecule has 2 aromatic carbocycles. The van der Waals surface area contributed by atoms with E-state index in [0.717, 1.165) is 21.2 Å². The Morgan fingerprint density at radius 2 is 1.90 bits per heavy atom. The van der Waals surface area contributed by atoms with Crippen LogP contribution in [0.15, 0.2) is 45.4 Å². The topological polar surface area (TPSA) is 59.2 Å². The molecule has 0 atom stereocenters. The minimum atomic E-state index is 0.236. The van der Waals surface area contributed by atoms with E-state index in [1.54, 1.807) is 24.3 Å². The van der Waals surface area contributed by atoms with Crippen LogP contribution in [0.25, 0.3) is 22.8 Å². The third-order valence-electron chi connectivity index (χ3n) is 3.05. The molecular formula is C15H10BrClN2O2. The number of benzene rings is 2. The van der Waals surface area contributed by atoms with Crippen LogP contribution < -0.4 is 0 Å². The highest BCUT2D eigenvalue weighted by molar-refractivity contribution is 9.10. The van der Waals surface area contributed by atoms with E-state index < -0.39 is 0 Å². The SMILES string of the molecule is Cc1cc(-c2nc(-c3ccc(Cl)c(Br)c3)no2)ccc1O. The number of hydrogen-bond acceptors (Lipinski definition) is 4. The van der Waals surface area contributed by atoms with Crippen molar-refractivity contribution >= 4 is 27.5 Å². The van der Waals surface area contributed by atoms with Gasteiger partial charge in [-0.2, -0.15) is 4.98 Å². The van der Waals surface area contributed by atoms with E-state index in [1.807, 2.05) is 19.1 Å². The van der Waals surface area contributed by atoms with Crippen molar-refractivity contribution in [3.8, 4) is 28.6 Å². The number of aryl methyl sites for hydroxylation is 1. The molecule has 0 amide bonds. The van der Waals surface area contributed by atoms with Crippen molar-refractivity contribution in [2.24, 2.45) is 0 Å². The second kappa shape index (κ2) is 5.50. The highest BCUT2D eigenvalue weighted by Gasteiger charge is 2.12. The fourth-order valence-electron chi connectivity index (χ4n) is 1.88. The normalized spacial score (nSPS) is 10.8. The molecule has 0 aliphatic heterocycles. The molecule has 3 rings (SSSR count). The largest absolute Gasteiger partial charge is 0.508 e. The van der Waals surface area contributed by atoms with Gasteiger partial charge in [0.1, 0.15) is 5.75 Å². The number of halogens is 2. The zero-order chi connectivity index (χ0) is 15.0. The van der Waals surface area contributed by atoms with Gasteiger partial charge in [-0.05, 0) is 64.8 Å². The van der Waals surface area contributed by atoms with Gasteiger partial charge in [0, 0.05) is 15.6 Å². The second-order valence-corrected chi connectivity index (χ2v) is 5.81. The molecule has 0 saturated heterocycles. The highest BCUT2D eigenvalue weighted by Crippen LogP contribution is 2.29. The van der Waals surface area contributed by atoms with Crippen molar-refractivity contribution in [2.45, 2.75) is 6.92 Å². The van der Waals surface area contributed by atoms with Gasteiger partial charge in [-0.1, -0.05) is 16.8 Å². The van der Waals surface area contributed by atoms with Gasteiger partial charge in [0.15, 0.2) is 0 Å². The first kappa shape index (κ1) is 14.1. The van der Waals surface area contributed by atoms with Crippen molar-refractivity contribution in [3.05, 3.63) is 51.5 Å². The van der Waals surface area contributed by atoms with Crippen LogP contribution in [0.5, 0.6) is 5.75 Å². The summed E-state index contributed by atoms with van der Waals surface area (Å²) in [5.41, 5.74) is 2.32.